The first kappa shape index (κ1) is 16.1. The van der Waals surface area contributed by atoms with E-state index in [0.29, 0.717) is 5.75 Å². The SMILES string of the molecule is COc1ccc2ccccc2c1/C=C(/C#N)C(=O)N1CCCCC1. The standard InChI is InChI=1S/C20H20N2O2/c1-24-19-10-9-15-7-3-4-8-17(15)18(19)13-16(14-21)20(23)22-11-5-2-6-12-22/h3-4,7-10,13H,2,5-6,11-12H2,1H3/b16-13-. The molecule has 1 amide bonds. The number of nitriles is 1. The van der Waals surface area contributed by atoms with Gasteiger partial charge in [-0.1, -0.05) is 30.3 Å². The van der Waals surface area contributed by atoms with Crippen molar-refractivity contribution in [2.45, 2.75) is 19.3 Å². The van der Waals surface area contributed by atoms with Crippen molar-refractivity contribution in [3.05, 3.63) is 47.5 Å². The van der Waals surface area contributed by atoms with E-state index in [1.165, 1.54) is 0 Å². The Morgan fingerprint density at radius 3 is 2.62 bits per heavy atom. The molecule has 0 radical (unpaired) electrons. The van der Waals surface area contributed by atoms with E-state index in [1.807, 2.05) is 36.4 Å². The van der Waals surface area contributed by atoms with Crippen molar-refractivity contribution in [3.8, 4) is 11.8 Å². The van der Waals surface area contributed by atoms with Gasteiger partial charge in [0, 0.05) is 18.7 Å². The van der Waals surface area contributed by atoms with Crippen LogP contribution < -0.4 is 4.74 Å². The first-order chi connectivity index (χ1) is 11.7. The quantitative estimate of drug-likeness (QED) is 0.639. The average Bonchev–Trinajstić information content (AvgIpc) is 2.66. The molecule has 1 heterocycles. The minimum Gasteiger partial charge on any atom is -0.496 e. The first-order valence-electron chi connectivity index (χ1n) is 8.21. The largest absolute Gasteiger partial charge is 0.496 e. The summed E-state index contributed by atoms with van der Waals surface area (Å²) in [5, 5.41) is 11.5. The van der Waals surface area contributed by atoms with E-state index in [9.17, 15) is 10.1 Å². The zero-order valence-corrected chi connectivity index (χ0v) is 13.8. The first-order valence-corrected chi connectivity index (χ1v) is 8.21. The Morgan fingerprint density at radius 1 is 1.17 bits per heavy atom. The molecule has 0 atom stereocenters. The van der Waals surface area contributed by atoms with Gasteiger partial charge in [0.15, 0.2) is 0 Å². The minimum absolute atomic E-state index is 0.159. The lowest BCUT2D eigenvalue weighted by Gasteiger charge is -2.26. The molecule has 0 aromatic heterocycles. The van der Waals surface area contributed by atoms with Crippen molar-refractivity contribution in [1.29, 1.82) is 5.26 Å². The van der Waals surface area contributed by atoms with Gasteiger partial charge in [-0.2, -0.15) is 5.26 Å². The number of rotatable bonds is 3. The summed E-state index contributed by atoms with van der Waals surface area (Å²) in [6.45, 7) is 1.45. The molecule has 2 aromatic rings. The number of carbonyl (C=O) groups is 1. The van der Waals surface area contributed by atoms with Crippen LogP contribution in [0, 0.1) is 11.3 Å². The Balaban J connectivity index is 2.06. The third-order valence-electron chi connectivity index (χ3n) is 4.43. The maximum Gasteiger partial charge on any atom is 0.264 e. The molecule has 1 aliphatic heterocycles. The van der Waals surface area contributed by atoms with Gasteiger partial charge in [0.1, 0.15) is 17.4 Å². The van der Waals surface area contributed by atoms with Crippen molar-refractivity contribution in [2.24, 2.45) is 0 Å². The summed E-state index contributed by atoms with van der Waals surface area (Å²) in [5.74, 6) is 0.472. The maximum absolute atomic E-state index is 12.7. The Kier molecular flexibility index (Phi) is 4.81. The van der Waals surface area contributed by atoms with E-state index in [2.05, 4.69) is 6.07 Å². The molecule has 24 heavy (non-hydrogen) atoms. The number of carbonyl (C=O) groups excluding carboxylic acids is 1. The van der Waals surface area contributed by atoms with E-state index in [-0.39, 0.29) is 11.5 Å². The lowest BCUT2D eigenvalue weighted by Crippen LogP contribution is -2.36. The van der Waals surface area contributed by atoms with Crippen LogP contribution >= 0.6 is 0 Å². The van der Waals surface area contributed by atoms with Gasteiger partial charge < -0.3 is 9.64 Å². The second-order valence-corrected chi connectivity index (χ2v) is 5.93. The normalized spacial score (nSPS) is 15.2. The number of hydrogen-bond acceptors (Lipinski definition) is 3. The van der Waals surface area contributed by atoms with Crippen LogP contribution in [-0.2, 0) is 4.79 Å². The summed E-state index contributed by atoms with van der Waals surface area (Å²) >= 11 is 0. The Bertz CT molecular complexity index is 827. The molecule has 4 nitrogen and oxygen atoms in total. The molecule has 0 unspecified atom stereocenters. The molecule has 1 saturated heterocycles. The van der Waals surface area contributed by atoms with Crippen molar-refractivity contribution in [2.75, 3.05) is 20.2 Å². The Labute approximate surface area is 141 Å². The zero-order chi connectivity index (χ0) is 16.9. The van der Waals surface area contributed by atoms with Crippen molar-refractivity contribution in [1.82, 2.24) is 4.90 Å². The molecule has 2 aromatic carbocycles. The lowest BCUT2D eigenvalue weighted by molar-refractivity contribution is -0.127. The van der Waals surface area contributed by atoms with E-state index < -0.39 is 0 Å². The lowest BCUT2D eigenvalue weighted by atomic mass is 10.0. The van der Waals surface area contributed by atoms with E-state index in [1.54, 1.807) is 18.1 Å². The van der Waals surface area contributed by atoms with Crippen LogP contribution in [0.1, 0.15) is 24.8 Å². The zero-order valence-electron chi connectivity index (χ0n) is 13.8. The summed E-state index contributed by atoms with van der Waals surface area (Å²) in [7, 11) is 1.60. The van der Waals surface area contributed by atoms with Crippen molar-refractivity contribution < 1.29 is 9.53 Å². The van der Waals surface area contributed by atoms with Gasteiger partial charge in [0.25, 0.3) is 5.91 Å². The molecule has 0 saturated carbocycles. The average molecular weight is 320 g/mol. The van der Waals surface area contributed by atoms with E-state index in [0.717, 1.165) is 48.7 Å². The number of piperidine rings is 1. The van der Waals surface area contributed by atoms with Gasteiger partial charge in [-0.25, -0.2) is 0 Å². The number of nitrogens with zero attached hydrogens (tertiary/aromatic N) is 2. The molecular weight excluding hydrogens is 300 g/mol. The van der Waals surface area contributed by atoms with Gasteiger partial charge in [-0.05, 0) is 42.2 Å². The van der Waals surface area contributed by atoms with Crippen LogP contribution in [0.3, 0.4) is 0 Å². The smallest absolute Gasteiger partial charge is 0.264 e. The second kappa shape index (κ2) is 7.18. The van der Waals surface area contributed by atoms with Gasteiger partial charge in [-0.3, -0.25) is 4.79 Å². The Morgan fingerprint density at radius 2 is 1.92 bits per heavy atom. The summed E-state index contributed by atoms with van der Waals surface area (Å²) < 4.78 is 5.45. The summed E-state index contributed by atoms with van der Waals surface area (Å²) in [5.41, 5.74) is 0.934. The number of methoxy groups -OCH3 is 1. The number of likely N-dealkylation sites (tertiary alicyclic amines) is 1. The number of fused-ring (bicyclic) bond motifs is 1. The fourth-order valence-corrected chi connectivity index (χ4v) is 3.16. The Hall–Kier alpha value is -2.80. The van der Waals surface area contributed by atoms with Crippen LogP contribution in [0.15, 0.2) is 42.0 Å². The van der Waals surface area contributed by atoms with Gasteiger partial charge in [0.2, 0.25) is 0 Å². The second-order valence-electron chi connectivity index (χ2n) is 5.93. The van der Waals surface area contributed by atoms with Gasteiger partial charge in [-0.15, -0.1) is 0 Å². The van der Waals surface area contributed by atoms with Crippen LogP contribution in [-0.4, -0.2) is 31.0 Å². The highest BCUT2D eigenvalue weighted by Gasteiger charge is 2.21. The molecule has 0 aliphatic carbocycles. The predicted octanol–water partition coefficient (Wildman–Crippen LogP) is 3.77. The molecule has 1 fully saturated rings. The maximum atomic E-state index is 12.7. The highest BCUT2D eigenvalue weighted by molar-refractivity contribution is 6.05. The molecule has 0 spiro atoms. The van der Waals surface area contributed by atoms with Crippen LogP contribution in [0.2, 0.25) is 0 Å². The molecular formula is C20H20N2O2. The van der Waals surface area contributed by atoms with Crippen LogP contribution in [0.4, 0.5) is 0 Å². The summed E-state index contributed by atoms with van der Waals surface area (Å²) in [6.07, 6.45) is 4.81. The molecule has 1 aliphatic rings. The molecule has 122 valence electrons. The van der Waals surface area contributed by atoms with Crippen molar-refractivity contribution >= 4 is 22.8 Å². The van der Waals surface area contributed by atoms with E-state index >= 15 is 0 Å². The van der Waals surface area contributed by atoms with Gasteiger partial charge in [0.05, 0.1) is 7.11 Å². The predicted molar refractivity (Wildman–Crippen MR) is 94.5 cm³/mol. The third-order valence-corrected chi connectivity index (χ3v) is 4.43. The minimum atomic E-state index is -0.188. The van der Waals surface area contributed by atoms with Crippen LogP contribution in [0.25, 0.3) is 16.8 Å². The molecule has 3 rings (SSSR count). The molecule has 0 N–H and O–H groups in total. The fraction of sp³-hybridized carbons (Fsp3) is 0.300. The fourth-order valence-electron chi connectivity index (χ4n) is 3.16. The molecule has 0 bridgehead atoms. The highest BCUT2D eigenvalue weighted by atomic mass is 16.5. The number of hydrogen-bond donors (Lipinski definition) is 0. The third kappa shape index (κ3) is 3.11. The van der Waals surface area contributed by atoms with Crippen molar-refractivity contribution in [3.63, 3.8) is 0 Å². The highest BCUT2D eigenvalue weighted by Crippen LogP contribution is 2.30. The topological polar surface area (TPSA) is 53.3 Å². The van der Waals surface area contributed by atoms with Gasteiger partial charge >= 0.3 is 0 Å². The summed E-state index contributed by atoms with van der Waals surface area (Å²) in [6, 6.07) is 13.8. The monoisotopic (exact) mass is 320 g/mol. The summed E-state index contributed by atoms with van der Waals surface area (Å²) in [4.78, 5) is 14.4. The van der Waals surface area contributed by atoms with Crippen LogP contribution in [0.5, 0.6) is 5.75 Å². The molecule has 4 heteroatoms. The number of ether oxygens (including phenoxy) is 1. The number of benzene rings is 2. The van der Waals surface area contributed by atoms with E-state index in [4.69, 9.17) is 4.74 Å². The number of amides is 1.